The molecule has 0 unspecified atom stereocenters. The Balaban J connectivity index is 2.27. The van der Waals surface area contributed by atoms with Crippen LogP contribution in [0.4, 0.5) is 0 Å². The topological polar surface area (TPSA) is 106 Å². The van der Waals surface area contributed by atoms with Crippen LogP contribution in [0.25, 0.3) is 0 Å². The van der Waals surface area contributed by atoms with Crippen molar-refractivity contribution >= 4 is 35.1 Å². The van der Waals surface area contributed by atoms with Gasteiger partial charge in [-0.3, -0.25) is 25.2 Å². The van der Waals surface area contributed by atoms with Crippen molar-refractivity contribution in [2.75, 3.05) is 13.2 Å². The molecule has 9 heteroatoms. The largest absolute Gasteiger partial charge is 0.483 e. The molecule has 0 bridgehead atoms. The van der Waals surface area contributed by atoms with E-state index in [1.807, 2.05) is 26.0 Å². The predicted octanol–water partition coefficient (Wildman–Crippen LogP) is 1.05. The average Bonchev–Trinajstić information content (AvgIpc) is 2.59. The minimum absolute atomic E-state index is 0.0433. The number of hydrogen-bond donors (Lipinski definition) is 3. The standard InChI is InChI=1S/C17H23N3O5S/c1-4-24-16(23)9-8-14(21)18-17(26)20-19-15(22)10-25-13-7-5-6-11(2)12(13)3/h5-7H,4,8-10H2,1-3H3,(H,19,22)(H2,18,20,21,26). The Kier molecular flexibility index (Phi) is 9.07. The summed E-state index contributed by atoms with van der Waals surface area (Å²) < 4.78 is 10.2. The monoisotopic (exact) mass is 381 g/mol. The van der Waals surface area contributed by atoms with Crippen LogP contribution < -0.4 is 20.9 Å². The summed E-state index contributed by atoms with van der Waals surface area (Å²) in [5, 5.41) is 2.26. The van der Waals surface area contributed by atoms with Gasteiger partial charge in [0.2, 0.25) is 5.91 Å². The van der Waals surface area contributed by atoms with Gasteiger partial charge in [-0.15, -0.1) is 0 Å². The Hall–Kier alpha value is -2.68. The van der Waals surface area contributed by atoms with Crippen LogP contribution in [0.3, 0.4) is 0 Å². The quantitative estimate of drug-likeness (QED) is 0.368. The number of esters is 1. The molecule has 0 aromatic heterocycles. The Morgan fingerprint density at radius 2 is 1.81 bits per heavy atom. The van der Waals surface area contributed by atoms with Crippen LogP contribution in [0.5, 0.6) is 5.75 Å². The Morgan fingerprint density at radius 3 is 2.50 bits per heavy atom. The highest BCUT2D eigenvalue weighted by molar-refractivity contribution is 7.80. The highest BCUT2D eigenvalue weighted by atomic mass is 32.1. The lowest BCUT2D eigenvalue weighted by Crippen LogP contribution is -2.49. The van der Waals surface area contributed by atoms with E-state index in [0.29, 0.717) is 5.75 Å². The number of hydrogen-bond acceptors (Lipinski definition) is 6. The third kappa shape index (κ3) is 7.93. The second kappa shape index (κ2) is 11.0. The van der Waals surface area contributed by atoms with Gasteiger partial charge < -0.3 is 14.8 Å². The van der Waals surface area contributed by atoms with E-state index in [2.05, 4.69) is 16.2 Å². The first-order valence-corrected chi connectivity index (χ1v) is 8.47. The first-order chi connectivity index (χ1) is 12.3. The molecule has 1 rings (SSSR count). The van der Waals surface area contributed by atoms with Gasteiger partial charge in [-0.25, -0.2) is 0 Å². The van der Waals surface area contributed by atoms with Crippen molar-refractivity contribution in [3.05, 3.63) is 29.3 Å². The van der Waals surface area contributed by atoms with E-state index in [-0.39, 0.29) is 31.2 Å². The SMILES string of the molecule is CCOC(=O)CCC(=O)NC(=S)NNC(=O)COc1cccc(C)c1C. The molecule has 8 nitrogen and oxygen atoms in total. The third-order valence-electron chi connectivity index (χ3n) is 3.34. The number of ether oxygens (including phenoxy) is 2. The van der Waals surface area contributed by atoms with Crippen molar-refractivity contribution in [3.63, 3.8) is 0 Å². The van der Waals surface area contributed by atoms with Crippen molar-refractivity contribution in [2.24, 2.45) is 0 Å². The summed E-state index contributed by atoms with van der Waals surface area (Å²) >= 11 is 4.88. The molecule has 0 radical (unpaired) electrons. The molecule has 0 aliphatic rings. The van der Waals surface area contributed by atoms with E-state index in [9.17, 15) is 14.4 Å². The minimum Gasteiger partial charge on any atom is -0.483 e. The second-order valence-electron chi connectivity index (χ2n) is 5.34. The van der Waals surface area contributed by atoms with Crippen LogP contribution in [-0.4, -0.2) is 36.1 Å². The molecule has 26 heavy (non-hydrogen) atoms. The zero-order chi connectivity index (χ0) is 19.5. The van der Waals surface area contributed by atoms with Gasteiger partial charge in [0.05, 0.1) is 13.0 Å². The summed E-state index contributed by atoms with van der Waals surface area (Å²) in [6.45, 7) is 5.59. The molecule has 0 aliphatic heterocycles. The maximum atomic E-state index is 11.8. The number of amides is 2. The number of thiocarbonyl (C=S) groups is 1. The van der Waals surface area contributed by atoms with Gasteiger partial charge in [-0.2, -0.15) is 0 Å². The summed E-state index contributed by atoms with van der Waals surface area (Å²) in [5.41, 5.74) is 6.73. The van der Waals surface area contributed by atoms with Crippen molar-refractivity contribution in [1.29, 1.82) is 0 Å². The lowest BCUT2D eigenvalue weighted by Gasteiger charge is -2.13. The van der Waals surface area contributed by atoms with E-state index in [0.717, 1.165) is 11.1 Å². The summed E-state index contributed by atoms with van der Waals surface area (Å²) in [6.07, 6.45) is -0.108. The molecule has 1 aromatic carbocycles. The van der Waals surface area contributed by atoms with Gasteiger partial charge >= 0.3 is 5.97 Å². The molecule has 0 fully saturated rings. The molecule has 1 aromatic rings. The number of aryl methyl sites for hydroxylation is 1. The molecule has 0 heterocycles. The highest BCUT2D eigenvalue weighted by Crippen LogP contribution is 2.20. The first kappa shape index (κ1) is 21.4. The number of carbonyl (C=O) groups excluding carboxylic acids is 3. The van der Waals surface area contributed by atoms with Gasteiger partial charge in [0.25, 0.3) is 5.91 Å². The molecule has 0 atom stereocenters. The fourth-order valence-electron chi connectivity index (χ4n) is 1.86. The van der Waals surface area contributed by atoms with E-state index in [4.69, 9.17) is 21.7 Å². The Labute approximate surface area is 157 Å². The summed E-state index contributed by atoms with van der Waals surface area (Å²) in [6, 6.07) is 5.57. The van der Waals surface area contributed by atoms with E-state index in [1.165, 1.54) is 0 Å². The molecule has 0 saturated heterocycles. The first-order valence-electron chi connectivity index (χ1n) is 8.06. The summed E-state index contributed by atoms with van der Waals surface area (Å²) in [5.74, 6) is -0.765. The maximum absolute atomic E-state index is 11.8. The van der Waals surface area contributed by atoms with Gasteiger partial charge in [-0.1, -0.05) is 12.1 Å². The molecule has 3 N–H and O–H groups in total. The number of rotatable bonds is 7. The molecule has 0 aliphatic carbocycles. The predicted molar refractivity (Wildman–Crippen MR) is 99.3 cm³/mol. The zero-order valence-corrected chi connectivity index (χ0v) is 15.8. The Bertz CT molecular complexity index is 678. The summed E-state index contributed by atoms with van der Waals surface area (Å²) in [7, 11) is 0. The zero-order valence-electron chi connectivity index (χ0n) is 15.0. The molecule has 142 valence electrons. The molecular weight excluding hydrogens is 358 g/mol. The van der Waals surface area contributed by atoms with Gasteiger partial charge in [0.15, 0.2) is 11.7 Å². The van der Waals surface area contributed by atoms with Crippen molar-refractivity contribution in [2.45, 2.75) is 33.6 Å². The van der Waals surface area contributed by atoms with E-state index >= 15 is 0 Å². The number of benzene rings is 1. The fourth-order valence-corrected chi connectivity index (χ4v) is 2.02. The van der Waals surface area contributed by atoms with Crippen molar-refractivity contribution in [3.8, 4) is 5.75 Å². The molecular formula is C17H23N3O5S. The smallest absolute Gasteiger partial charge is 0.306 e. The van der Waals surface area contributed by atoms with Gasteiger partial charge in [-0.05, 0) is 50.2 Å². The average molecular weight is 381 g/mol. The molecule has 0 saturated carbocycles. The van der Waals surface area contributed by atoms with Crippen molar-refractivity contribution < 1.29 is 23.9 Å². The van der Waals surface area contributed by atoms with Crippen LogP contribution in [0, 0.1) is 13.8 Å². The van der Waals surface area contributed by atoms with Crippen LogP contribution in [0.15, 0.2) is 18.2 Å². The fraction of sp³-hybridized carbons (Fsp3) is 0.412. The highest BCUT2D eigenvalue weighted by Gasteiger charge is 2.10. The normalized spacial score (nSPS) is 9.81. The van der Waals surface area contributed by atoms with Crippen LogP contribution in [0.2, 0.25) is 0 Å². The van der Waals surface area contributed by atoms with Gasteiger partial charge in [0.1, 0.15) is 5.75 Å². The lowest BCUT2D eigenvalue weighted by molar-refractivity contribution is -0.144. The lowest BCUT2D eigenvalue weighted by atomic mass is 10.1. The second-order valence-corrected chi connectivity index (χ2v) is 5.75. The maximum Gasteiger partial charge on any atom is 0.306 e. The minimum atomic E-state index is -0.464. The summed E-state index contributed by atoms with van der Waals surface area (Å²) in [4.78, 5) is 34.5. The van der Waals surface area contributed by atoms with Crippen LogP contribution in [-0.2, 0) is 19.1 Å². The van der Waals surface area contributed by atoms with E-state index < -0.39 is 17.8 Å². The van der Waals surface area contributed by atoms with Crippen molar-refractivity contribution in [1.82, 2.24) is 16.2 Å². The number of hydrazine groups is 1. The van der Waals surface area contributed by atoms with Crippen LogP contribution in [0.1, 0.15) is 30.9 Å². The number of nitrogens with one attached hydrogen (secondary N) is 3. The van der Waals surface area contributed by atoms with E-state index in [1.54, 1.807) is 13.0 Å². The van der Waals surface area contributed by atoms with Crippen LogP contribution >= 0.6 is 12.2 Å². The van der Waals surface area contributed by atoms with Gasteiger partial charge in [0, 0.05) is 6.42 Å². The third-order valence-corrected chi connectivity index (χ3v) is 3.55. The molecule has 0 spiro atoms. The number of carbonyl (C=O) groups is 3. The Morgan fingerprint density at radius 1 is 1.08 bits per heavy atom. The molecule has 2 amide bonds.